The molecule has 0 spiro atoms. The van der Waals surface area contributed by atoms with Gasteiger partial charge in [0.1, 0.15) is 23.5 Å². The molecule has 0 bridgehead atoms. The van der Waals surface area contributed by atoms with Crippen molar-refractivity contribution in [3.63, 3.8) is 0 Å². The van der Waals surface area contributed by atoms with Gasteiger partial charge in [0.25, 0.3) is 0 Å². The molecule has 1 atom stereocenters. The van der Waals surface area contributed by atoms with Gasteiger partial charge in [0, 0.05) is 40.2 Å². The third-order valence-corrected chi connectivity index (χ3v) is 5.87. The smallest absolute Gasteiger partial charge is 0.249 e. The van der Waals surface area contributed by atoms with Gasteiger partial charge in [0.15, 0.2) is 11.6 Å². The SMILES string of the molecule is CCOc1cc(OC(C)C)c(F)c(C(Nc2ccc(C(=N)N)cc2)c2nc(-c3ccccc3C(N)=O)c[nH]2)c1. The van der Waals surface area contributed by atoms with E-state index in [4.69, 9.17) is 31.3 Å². The molecule has 7 N–H and O–H groups in total. The van der Waals surface area contributed by atoms with Gasteiger partial charge >= 0.3 is 0 Å². The Hall–Kier alpha value is -4.86. The first kappa shape index (κ1) is 27.2. The van der Waals surface area contributed by atoms with E-state index in [0.717, 1.165) is 0 Å². The number of nitrogens with zero attached hydrogens (tertiary/aromatic N) is 1. The lowest BCUT2D eigenvalue weighted by Crippen LogP contribution is -2.18. The number of ether oxygens (including phenoxy) is 2. The van der Waals surface area contributed by atoms with Crippen molar-refractivity contribution in [2.24, 2.45) is 11.5 Å². The van der Waals surface area contributed by atoms with Gasteiger partial charge in [-0.2, -0.15) is 0 Å². The summed E-state index contributed by atoms with van der Waals surface area (Å²) < 4.78 is 27.5. The second-order valence-corrected chi connectivity index (χ2v) is 9.07. The van der Waals surface area contributed by atoms with Crippen LogP contribution in [0, 0.1) is 11.2 Å². The molecule has 0 saturated heterocycles. The molecule has 3 aromatic carbocycles. The Labute approximate surface area is 225 Å². The van der Waals surface area contributed by atoms with E-state index in [9.17, 15) is 4.79 Å². The first-order chi connectivity index (χ1) is 18.7. The lowest BCUT2D eigenvalue weighted by Gasteiger charge is -2.22. The fourth-order valence-corrected chi connectivity index (χ4v) is 4.14. The number of aromatic nitrogens is 2. The van der Waals surface area contributed by atoms with Crippen molar-refractivity contribution in [3.05, 3.63) is 95.2 Å². The Balaban J connectivity index is 1.85. The van der Waals surface area contributed by atoms with E-state index in [2.05, 4.69) is 10.3 Å². The number of hydrogen-bond acceptors (Lipinski definition) is 6. The third kappa shape index (κ3) is 6.18. The minimum atomic E-state index is -0.822. The van der Waals surface area contributed by atoms with Crippen LogP contribution in [0.15, 0.2) is 66.9 Å². The maximum Gasteiger partial charge on any atom is 0.249 e. The van der Waals surface area contributed by atoms with Crippen molar-refractivity contribution in [2.75, 3.05) is 11.9 Å². The number of amidine groups is 1. The molecule has 0 radical (unpaired) electrons. The molecule has 9 nitrogen and oxygen atoms in total. The number of imidazole rings is 1. The van der Waals surface area contributed by atoms with Gasteiger partial charge in [0.05, 0.1) is 18.4 Å². The predicted molar refractivity (Wildman–Crippen MR) is 149 cm³/mol. The highest BCUT2D eigenvalue weighted by Crippen LogP contribution is 2.36. The van der Waals surface area contributed by atoms with Gasteiger partial charge in [-0.05, 0) is 57.2 Å². The maximum absolute atomic E-state index is 16.0. The Morgan fingerprint density at radius 1 is 1.13 bits per heavy atom. The summed E-state index contributed by atoms with van der Waals surface area (Å²) in [5.74, 6) is -0.345. The van der Waals surface area contributed by atoms with Crippen molar-refractivity contribution in [2.45, 2.75) is 32.9 Å². The number of anilines is 1. The first-order valence-corrected chi connectivity index (χ1v) is 12.5. The number of nitrogens with one attached hydrogen (secondary N) is 3. The molecule has 0 aliphatic heterocycles. The molecule has 0 aliphatic carbocycles. The summed E-state index contributed by atoms with van der Waals surface area (Å²) >= 11 is 0. The van der Waals surface area contributed by atoms with E-state index in [0.29, 0.717) is 46.3 Å². The van der Waals surface area contributed by atoms with E-state index >= 15 is 4.39 Å². The number of H-pyrrole nitrogens is 1. The lowest BCUT2D eigenvalue weighted by molar-refractivity contribution is 0.100. The van der Waals surface area contributed by atoms with Crippen LogP contribution < -0.4 is 26.3 Å². The van der Waals surface area contributed by atoms with Crippen LogP contribution in [0.3, 0.4) is 0 Å². The average molecular weight is 531 g/mol. The van der Waals surface area contributed by atoms with Gasteiger partial charge in [0.2, 0.25) is 5.91 Å². The van der Waals surface area contributed by atoms with Crippen LogP contribution in [0.4, 0.5) is 10.1 Å². The number of amides is 1. The second kappa shape index (κ2) is 11.7. The van der Waals surface area contributed by atoms with Crippen molar-refractivity contribution < 1.29 is 18.7 Å². The van der Waals surface area contributed by atoms with Crippen LogP contribution in [0.1, 0.15) is 54.1 Å². The molecule has 0 saturated carbocycles. The highest BCUT2D eigenvalue weighted by Gasteiger charge is 2.26. The molecule has 1 unspecified atom stereocenters. The number of rotatable bonds is 11. The summed E-state index contributed by atoms with van der Waals surface area (Å²) in [5, 5.41) is 11.0. The summed E-state index contributed by atoms with van der Waals surface area (Å²) in [4.78, 5) is 19.9. The number of primary amides is 1. The molecule has 4 rings (SSSR count). The normalized spacial score (nSPS) is 11.7. The molecule has 202 valence electrons. The summed E-state index contributed by atoms with van der Waals surface area (Å²) in [6.45, 7) is 5.85. The molecule has 0 fully saturated rings. The summed E-state index contributed by atoms with van der Waals surface area (Å²) in [6.07, 6.45) is 1.37. The van der Waals surface area contributed by atoms with E-state index in [1.807, 2.05) is 20.8 Å². The Morgan fingerprint density at radius 3 is 2.49 bits per heavy atom. The molecular formula is C29H31FN6O3. The number of nitrogens with two attached hydrogens (primary N) is 2. The van der Waals surface area contributed by atoms with Crippen LogP contribution in [0.25, 0.3) is 11.3 Å². The van der Waals surface area contributed by atoms with E-state index in [-0.39, 0.29) is 23.3 Å². The number of benzene rings is 3. The van der Waals surface area contributed by atoms with Gasteiger partial charge in [-0.3, -0.25) is 10.2 Å². The zero-order valence-electron chi connectivity index (χ0n) is 21.9. The average Bonchev–Trinajstić information content (AvgIpc) is 3.39. The zero-order chi connectivity index (χ0) is 28.1. The molecule has 4 aromatic rings. The summed E-state index contributed by atoms with van der Waals surface area (Å²) in [6, 6.07) is 16.0. The van der Waals surface area contributed by atoms with E-state index < -0.39 is 17.8 Å². The molecule has 10 heteroatoms. The monoisotopic (exact) mass is 530 g/mol. The summed E-state index contributed by atoms with van der Waals surface area (Å²) in [5.41, 5.74) is 13.9. The van der Waals surface area contributed by atoms with E-state index in [1.54, 1.807) is 60.8 Å². The van der Waals surface area contributed by atoms with E-state index in [1.165, 1.54) is 6.07 Å². The number of aromatic amines is 1. The number of carbonyl (C=O) groups is 1. The van der Waals surface area contributed by atoms with Crippen LogP contribution in [-0.4, -0.2) is 34.4 Å². The molecule has 39 heavy (non-hydrogen) atoms. The number of halogens is 1. The summed E-state index contributed by atoms with van der Waals surface area (Å²) in [7, 11) is 0. The topological polar surface area (TPSA) is 152 Å². The fourth-order valence-electron chi connectivity index (χ4n) is 4.14. The Kier molecular flexibility index (Phi) is 8.14. The minimum Gasteiger partial charge on any atom is -0.494 e. The molecule has 1 aromatic heterocycles. The number of nitrogen functional groups attached to an aromatic ring is 1. The predicted octanol–water partition coefficient (Wildman–Crippen LogP) is 4.99. The number of carbonyl (C=O) groups excluding carboxylic acids is 1. The zero-order valence-corrected chi connectivity index (χ0v) is 21.9. The Bertz CT molecular complexity index is 1480. The lowest BCUT2D eigenvalue weighted by atomic mass is 10.0. The van der Waals surface area contributed by atoms with Crippen molar-refractivity contribution in [1.82, 2.24) is 9.97 Å². The molecular weight excluding hydrogens is 499 g/mol. The quantitative estimate of drug-likeness (QED) is 0.136. The minimum absolute atomic E-state index is 0.0514. The van der Waals surface area contributed by atoms with Gasteiger partial charge < -0.3 is 31.2 Å². The van der Waals surface area contributed by atoms with Crippen molar-refractivity contribution >= 4 is 17.4 Å². The standard InChI is InChI=1S/C29H31FN6O3/c1-4-38-19-13-22(25(30)24(14-19)39-16(2)3)26(35-18-11-9-17(10-12-18)27(31)32)29-34-15-23(36-29)20-7-5-6-8-21(20)28(33)37/h5-16,26,35H,4H2,1-3H3,(H3,31,32)(H2,33,37)(H,34,36). The van der Waals surface area contributed by atoms with Crippen molar-refractivity contribution in [3.8, 4) is 22.8 Å². The largest absolute Gasteiger partial charge is 0.494 e. The van der Waals surface area contributed by atoms with Crippen LogP contribution in [-0.2, 0) is 0 Å². The molecule has 1 heterocycles. The fraction of sp³-hybridized carbons (Fsp3) is 0.207. The van der Waals surface area contributed by atoms with Crippen LogP contribution in [0.5, 0.6) is 11.5 Å². The second-order valence-electron chi connectivity index (χ2n) is 9.07. The maximum atomic E-state index is 16.0. The highest BCUT2D eigenvalue weighted by atomic mass is 19.1. The highest BCUT2D eigenvalue weighted by molar-refractivity contribution is 5.99. The third-order valence-electron chi connectivity index (χ3n) is 5.87. The van der Waals surface area contributed by atoms with Crippen LogP contribution in [0.2, 0.25) is 0 Å². The molecule has 1 amide bonds. The number of hydrogen-bond donors (Lipinski definition) is 5. The van der Waals surface area contributed by atoms with Gasteiger partial charge in [-0.15, -0.1) is 0 Å². The van der Waals surface area contributed by atoms with Gasteiger partial charge in [-0.1, -0.05) is 18.2 Å². The van der Waals surface area contributed by atoms with Crippen molar-refractivity contribution in [1.29, 1.82) is 5.41 Å². The Morgan fingerprint density at radius 2 is 1.85 bits per heavy atom. The molecule has 0 aliphatic rings. The van der Waals surface area contributed by atoms with Crippen LogP contribution >= 0.6 is 0 Å². The first-order valence-electron chi connectivity index (χ1n) is 12.5. The van der Waals surface area contributed by atoms with Gasteiger partial charge in [-0.25, -0.2) is 9.37 Å².